The number of fused-ring (bicyclic) bond motifs is 1. The Morgan fingerprint density at radius 3 is 2.63 bits per heavy atom. The monoisotopic (exact) mass is 513 g/mol. The molecule has 1 amide bonds. The number of nitrogens with one attached hydrogen (secondary N) is 3. The minimum Gasteiger partial charge on any atom is -0.486 e. The Bertz CT molecular complexity index is 1420. The van der Waals surface area contributed by atoms with E-state index in [1.165, 1.54) is 12.8 Å². The Kier molecular flexibility index (Phi) is 6.43. The van der Waals surface area contributed by atoms with Crippen LogP contribution in [0.15, 0.2) is 41.3 Å². The topological polar surface area (TPSA) is 99.3 Å². The molecule has 1 aliphatic carbocycles. The molecule has 2 fully saturated rings. The second-order valence-corrected chi connectivity index (χ2v) is 10.9. The lowest BCUT2D eigenvalue weighted by molar-refractivity contribution is 0.0950. The lowest BCUT2D eigenvalue weighted by Crippen LogP contribution is -2.43. The number of pyridine rings is 2. The zero-order valence-corrected chi connectivity index (χ0v) is 22.2. The van der Waals surface area contributed by atoms with Crippen molar-refractivity contribution in [3.05, 3.63) is 74.8 Å². The minimum absolute atomic E-state index is 0.160. The number of anilines is 1. The largest absolute Gasteiger partial charge is 0.486 e. The third kappa shape index (κ3) is 4.69. The van der Waals surface area contributed by atoms with Crippen LogP contribution >= 0.6 is 0 Å². The predicted octanol–water partition coefficient (Wildman–Crippen LogP) is 3.64. The van der Waals surface area contributed by atoms with Gasteiger partial charge in [0, 0.05) is 73.3 Å². The molecule has 1 spiro atoms. The summed E-state index contributed by atoms with van der Waals surface area (Å²) in [4.78, 5) is 35.7. The summed E-state index contributed by atoms with van der Waals surface area (Å²) in [7, 11) is 0. The van der Waals surface area contributed by atoms with Crippen molar-refractivity contribution in [2.24, 2.45) is 0 Å². The van der Waals surface area contributed by atoms with Crippen LogP contribution in [0.25, 0.3) is 11.1 Å². The second kappa shape index (κ2) is 9.91. The quantitative estimate of drug-likeness (QED) is 0.482. The Hall–Kier alpha value is -3.65. The van der Waals surface area contributed by atoms with Gasteiger partial charge in [0.25, 0.3) is 11.5 Å². The number of hydrogen-bond donors (Lipinski definition) is 3. The molecule has 38 heavy (non-hydrogen) atoms. The van der Waals surface area contributed by atoms with Crippen molar-refractivity contribution in [1.82, 2.24) is 20.6 Å². The molecule has 4 heterocycles. The molecule has 1 saturated heterocycles. The first kappa shape index (κ1) is 24.7. The van der Waals surface area contributed by atoms with Gasteiger partial charge in [-0.15, -0.1) is 0 Å². The molecular weight excluding hydrogens is 478 g/mol. The number of amides is 1. The smallest absolute Gasteiger partial charge is 0.253 e. The first-order valence-corrected chi connectivity index (χ1v) is 13.7. The zero-order chi connectivity index (χ0) is 26.3. The highest BCUT2D eigenvalue weighted by Gasteiger charge is 2.43. The number of carbonyl (C=O) groups is 1. The Morgan fingerprint density at radius 2 is 1.92 bits per heavy atom. The molecule has 2 aliphatic heterocycles. The molecular formula is C30H35N5O3. The fraction of sp³-hybridized carbons (Fsp3) is 0.433. The van der Waals surface area contributed by atoms with Gasteiger partial charge in [-0.3, -0.25) is 9.59 Å². The Labute approximate surface area is 222 Å². The summed E-state index contributed by atoms with van der Waals surface area (Å²) >= 11 is 0. The maximum atomic E-state index is 13.4. The van der Waals surface area contributed by atoms with Crippen molar-refractivity contribution < 1.29 is 9.53 Å². The molecule has 0 atom stereocenters. The number of piperazine rings is 1. The summed E-state index contributed by atoms with van der Waals surface area (Å²) in [6.45, 7) is 7.71. The van der Waals surface area contributed by atoms with Gasteiger partial charge in [-0.05, 0) is 81.0 Å². The number of hydrogen-bond acceptors (Lipinski definition) is 6. The van der Waals surface area contributed by atoms with Crippen molar-refractivity contribution in [3.8, 4) is 16.9 Å². The average Bonchev–Trinajstić information content (AvgIpc) is 3.53. The van der Waals surface area contributed by atoms with Crippen molar-refractivity contribution in [3.63, 3.8) is 0 Å². The molecule has 3 N–H and O–H groups in total. The molecule has 3 aromatic rings. The van der Waals surface area contributed by atoms with Gasteiger partial charge in [0.1, 0.15) is 17.2 Å². The van der Waals surface area contributed by atoms with Crippen LogP contribution in [0.4, 0.5) is 5.82 Å². The van der Waals surface area contributed by atoms with Crippen LogP contribution in [0.3, 0.4) is 0 Å². The second-order valence-electron chi connectivity index (χ2n) is 10.9. The maximum Gasteiger partial charge on any atom is 0.253 e. The number of benzene rings is 1. The molecule has 6 rings (SSSR count). The van der Waals surface area contributed by atoms with E-state index in [0.29, 0.717) is 11.1 Å². The van der Waals surface area contributed by atoms with E-state index in [4.69, 9.17) is 9.72 Å². The number of ether oxygens (including phenoxy) is 1. The van der Waals surface area contributed by atoms with Gasteiger partial charge in [-0.25, -0.2) is 4.98 Å². The molecule has 1 aromatic carbocycles. The molecule has 0 radical (unpaired) electrons. The number of aromatic nitrogens is 2. The lowest BCUT2D eigenvalue weighted by Gasteiger charge is -2.28. The van der Waals surface area contributed by atoms with E-state index in [2.05, 4.69) is 32.7 Å². The van der Waals surface area contributed by atoms with Crippen molar-refractivity contribution in [2.75, 3.05) is 31.1 Å². The maximum absolute atomic E-state index is 13.4. The molecule has 0 unspecified atom stereocenters. The van der Waals surface area contributed by atoms with E-state index in [1.807, 2.05) is 38.2 Å². The number of nitrogens with zero attached hydrogens (tertiary/aromatic N) is 2. The van der Waals surface area contributed by atoms with Crippen molar-refractivity contribution in [2.45, 2.75) is 58.1 Å². The number of carbonyl (C=O) groups excluding carboxylic acids is 1. The van der Waals surface area contributed by atoms with Crippen molar-refractivity contribution >= 4 is 11.7 Å². The molecule has 3 aliphatic rings. The summed E-state index contributed by atoms with van der Waals surface area (Å²) in [5, 5.41) is 6.35. The molecule has 8 nitrogen and oxygen atoms in total. The normalized spacial score (nSPS) is 17.9. The molecule has 2 aromatic heterocycles. The summed E-state index contributed by atoms with van der Waals surface area (Å²) in [6, 6.07) is 9.95. The number of aromatic amines is 1. The number of aryl methyl sites for hydroxylation is 2. The average molecular weight is 514 g/mol. The van der Waals surface area contributed by atoms with Gasteiger partial charge >= 0.3 is 0 Å². The number of rotatable bonds is 5. The standard InChI is InChI=1S/C30H35N5O3/c1-19-13-20(2)34-29(37)25(19)18-33-28(36)22-14-23-16-30(7-3-4-8-30)38-27(23)24(15-22)21-5-6-26(32-17-21)35-11-9-31-10-12-35/h5-6,13-15,17,31H,3-4,7-12,16,18H2,1-2H3,(H,33,36)(H,34,37). The van der Waals surface area contributed by atoms with Crippen LogP contribution in [0, 0.1) is 13.8 Å². The number of H-pyrrole nitrogens is 1. The van der Waals surface area contributed by atoms with Gasteiger partial charge < -0.3 is 25.3 Å². The zero-order valence-electron chi connectivity index (χ0n) is 22.2. The van der Waals surface area contributed by atoms with E-state index in [0.717, 1.165) is 85.0 Å². The van der Waals surface area contributed by atoms with Crippen LogP contribution in [-0.2, 0) is 13.0 Å². The highest BCUT2D eigenvalue weighted by Crippen LogP contribution is 2.49. The van der Waals surface area contributed by atoms with Crippen LogP contribution in [0.5, 0.6) is 5.75 Å². The summed E-state index contributed by atoms with van der Waals surface area (Å²) in [5.41, 5.74) is 5.42. The molecule has 198 valence electrons. The lowest BCUT2D eigenvalue weighted by atomic mass is 9.93. The predicted molar refractivity (Wildman–Crippen MR) is 148 cm³/mol. The molecule has 1 saturated carbocycles. The van der Waals surface area contributed by atoms with E-state index in [1.54, 1.807) is 0 Å². The van der Waals surface area contributed by atoms with E-state index in [9.17, 15) is 9.59 Å². The third-order valence-electron chi connectivity index (χ3n) is 8.19. The van der Waals surface area contributed by atoms with E-state index < -0.39 is 0 Å². The van der Waals surface area contributed by atoms with Crippen LogP contribution in [-0.4, -0.2) is 47.7 Å². The van der Waals surface area contributed by atoms with Gasteiger partial charge in [0.2, 0.25) is 0 Å². The highest BCUT2D eigenvalue weighted by atomic mass is 16.5. The van der Waals surface area contributed by atoms with Crippen molar-refractivity contribution in [1.29, 1.82) is 0 Å². The van der Waals surface area contributed by atoms with Gasteiger partial charge in [0.15, 0.2) is 0 Å². The molecule has 8 heteroatoms. The highest BCUT2D eigenvalue weighted by molar-refractivity contribution is 5.96. The van der Waals surface area contributed by atoms with Crippen LogP contribution in [0.2, 0.25) is 0 Å². The molecule has 0 bridgehead atoms. The van der Waals surface area contributed by atoms with Gasteiger partial charge in [-0.2, -0.15) is 0 Å². The fourth-order valence-corrected chi connectivity index (χ4v) is 6.18. The first-order valence-electron chi connectivity index (χ1n) is 13.7. The third-order valence-corrected chi connectivity index (χ3v) is 8.19. The van der Waals surface area contributed by atoms with E-state index in [-0.39, 0.29) is 23.6 Å². The van der Waals surface area contributed by atoms with Crippen LogP contribution < -0.4 is 25.8 Å². The van der Waals surface area contributed by atoms with Gasteiger partial charge in [-0.1, -0.05) is 0 Å². The SMILES string of the molecule is Cc1cc(C)c(CNC(=O)c2cc3c(c(-c4ccc(N5CCNCC5)nc4)c2)OC2(CCCC2)C3)c(=O)[nH]1. The first-order chi connectivity index (χ1) is 18.4. The fourth-order valence-electron chi connectivity index (χ4n) is 6.18. The summed E-state index contributed by atoms with van der Waals surface area (Å²) < 4.78 is 6.67. The van der Waals surface area contributed by atoms with E-state index >= 15 is 0 Å². The summed E-state index contributed by atoms with van der Waals surface area (Å²) in [5.74, 6) is 1.64. The Balaban J connectivity index is 1.31. The van der Waals surface area contributed by atoms with Gasteiger partial charge in [0.05, 0.1) is 0 Å². The summed E-state index contributed by atoms with van der Waals surface area (Å²) in [6.07, 6.45) is 7.13. The minimum atomic E-state index is -0.203. The Morgan fingerprint density at radius 1 is 1.13 bits per heavy atom. The van der Waals surface area contributed by atoms with Crippen LogP contribution in [0.1, 0.15) is 58.4 Å².